The highest BCUT2D eigenvalue weighted by molar-refractivity contribution is 6.01. The molecule has 0 aliphatic carbocycles. The lowest BCUT2D eigenvalue weighted by molar-refractivity contribution is -0.144. The highest BCUT2D eigenvalue weighted by atomic mass is 16.5. The second-order valence-electron chi connectivity index (χ2n) is 9.46. The van der Waals surface area contributed by atoms with Crippen molar-refractivity contribution in [3.63, 3.8) is 0 Å². The Kier molecular flexibility index (Phi) is 6.97. The predicted molar refractivity (Wildman–Crippen MR) is 128 cm³/mol. The lowest BCUT2D eigenvalue weighted by atomic mass is 10.0. The van der Waals surface area contributed by atoms with E-state index >= 15 is 0 Å². The van der Waals surface area contributed by atoms with Crippen molar-refractivity contribution in [2.75, 3.05) is 26.7 Å². The molecule has 11 nitrogen and oxygen atoms in total. The van der Waals surface area contributed by atoms with Crippen molar-refractivity contribution in [3.8, 4) is 5.75 Å². The van der Waals surface area contributed by atoms with Crippen LogP contribution < -0.4 is 26.5 Å². The first-order valence-electron chi connectivity index (χ1n) is 11.8. The van der Waals surface area contributed by atoms with Crippen LogP contribution >= 0.6 is 0 Å². The summed E-state index contributed by atoms with van der Waals surface area (Å²) >= 11 is 0. The van der Waals surface area contributed by atoms with Gasteiger partial charge < -0.3 is 25.7 Å². The first-order chi connectivity index (χ1) is 16.7. The van der Waals surface area contributed by atoms with E-state index in [0.717, 1.165) is 0 Å². The van der Waals surface area contributed by atoms with Gasteiger partial charge in [0.15, 0.2) is 0 Å². The van der Waals surface area contributed by atoms with Crippen molar-refractivity contribution in [2.24, 2.45) is 17.6 Å². The zero-order valence-corrected chi connectivity index (χ0v) is 20.2. The normalized spacial score (nSPS) is 19.9. The van der Waals surface area contributed by atoms with Gasteiger partial charge in [-0.15, -0.1) is 0 Å². The van der Waals surface area contributed by atoms with Crippen molar-refractivity contribution in [3.05, 3.63) is 30.0 Å². The second-order valence-corrected chi connectivity index (χ2v) is 9.46. The van der Waals surface area contributed by atoms with E-state index in [0.29, 0.717) is 42.6 Å². The van der Waals surface area contributed by atoms with Crippen LogP contribution in [0.5, 0.6) is 5.75 Å². The maximum Gasteiger partial charge on any atom is 0.265 e. The van der Waals surface area contributed by atoms with E-state index < -0.39 is 23.8 Å². The number of ether oxygens (including phenoxy) is 1. The van der Waals surface area contributed by atoms with Gasteiger partial charge in [0.25, 0.3) is 17.7 Å². The Balaban J connectivity index is 1.71. The molecule has 2 aliphatic heterocycles. The Morgan fingerprint density at radius 3 is 2.63 bits per heavy atom. The van der Waals surface area contributed by atoms with E-state index in [1.807, 2.05) is 13.8 Å². The minimum atomic E-state index is -0.832. The molecule has 0 spiro atoms. The number of nitrogens with one attached hydrogen (secondary N) is 3. The van der Waals surface area contributed by atoms with Gasteiger partial charge in [-0.05, 0) is 37.0 Å². The maximum absolute atomic E-state index is 13.7. The Bertz CT molecular complexity index is 1150. The third kappa shape index (κ3) is 5.09. The summed E-state index contributed by atoms with van der Waals surface area (Å²) in [5.74, 6) is -1.34. The summed E-state index contributed by atoms with van der Waals surface area (Å²) in [7, 11) is 1.53. The number of primary amides is 1. The number of hydrogen-bond acceptors (Lipinski definition) is 6. The van der Waals surface area contributed by atoms with Gasteiger partial charge >= 0.3 is 0 Å². The van der Waals surface area contributed by atoms with Gasteiger partial charge in [-0.25, -0.2) is 0 Å². The number of rotatable bonds is 9. The molecule has 11 heteroatoms. The molecular formula is C24H32N6O5. The molecule has 4 amide bonds. The number of nitrogens with two attached hydrogens (primary N) is 1. The van der Waals surface area contributed by atoms with Crippen LogP contribution in [-0.4, -0.2) is 66.0 Å². The molecular weight excluding hydrogens is 452 g/mol. The second kappa shape index (κ2) is 9.95. The molecule has 188 valence electrons. The third-order valence-corrected chi connectivity index (χ3v) is 6.41. The maximum atomic E-state index is 13.7. The van der Waals surface area contributed by atoms with Crippen molar-refractivity contribution >= 4 is 34.5 Å². The number of carbonyl (C=O) groups is 4. The van der Waals surface area contributed by atoms with E-state index in [9.17, 15) is 19.2 Å². The van der Waals surface area contributed by atoms with E-state index in [4.69, 9.17) is 10.5 Å². The molecule has 3 atom stereocenters. The molecule has 2 aliphatic rings. The van der Waals surface area contributed by atoms with E-state index in [1.54, 1.807) is 28.8 Å². The smallest absolute Gasteiger partial charge is 0.265 e. The van der Waals surface area contributed by atoms with Crippen LogP contribution in [0.1, 0.15) is 43.2 Å². The molecule has 0 radical (unpaired) electrons. The Hall–Kier alpha value is -3.60. The predicted octanol–water partition coefficient (Wildman–Crippen LogP) is 0.304. The Labute approximate surface area is 203 Å². The van der Waals surface area contributed by atoms with Gasteiger partial charge in [0.05, 0.1) is 25.1 Å². The van der Waals surface area contributed by atoms with Gasteiger partial charge in [-0.3, -0.25) is 29.6 Å². The summed E-state index contributed by atoms with van der Waals surface area (Å²) in [5.41, 5.74) is 9.26. The lowest BCUT2D eigenvalue weighted by Gasteiger charge is -2.29. The van der Waals surface area contributed by atoms with E-state index in [-0.39, 0.29) is 36.0 Å². The number of methoxy groups -OCH3 is 1. The molecule has 5 N–H and O–H groups in total. The van der Waals surface area contributed by atoms with Crippen molar-refractivity contribution < 1.29 is 23.9 Å². The number of carbonyl (C=O) groups excluding carboxylic acids is 4. The molecule has 0 unspecified atom stereocenters. The lowest BCUT2D eigenvalue weighted by Crippen LogP contribution is -2.53. The summed E-state index contributed by atoms with van der Waals surface area (Å²) in [6.07, 6.45) is 0.973. The van der Waals surface area contributed by atoms with Crippen LogP contribution in [0.2, 0.25) is 0 Å². The van der Waals surface area contributed by atoms with Gasteiger partial charge in [0, 0.05) is 18.5 Å². The monoisotopic (exact) mass is 484 g/mol. The van der Waals surface area contributed by atoms with Gasteiger partial charge in [-0.2, -0.15) is 0 Å². The number of benzene rings is 1. The summed E-state index contributed by atoms with van der Waals surface area (Å²) in [6, 6.07) is 5.75. The van der Waals surface area contributed by atoms with Gasteiger partial charge in [0.2, 0.25) is 5.91 Å². The van der Waals surface area contributed by atoms with E-state index in [1.165, 1.54) is 12.1 Å². The van der Waals surface area contributed by atoms with Crippen LogP contribution in [0.4, 0.5) is 0 Å². The average Bonchev–Trinajstić information content (AvgIpc) is 3.48. The molecule has 1 aromatic heterocycles. The summed E-state index contributed by atoms with van der Waals surface area (Å²) in [4.78, 5) is 51.3. The van der Waals surface area contributed by atoms with Gasteiger partial charge in [-0.1, -0.05) is 19.9 Å². The topological polar surface area (TPSA) is 158 Å². The number of hydrogen-bond donors (Lipinski definition) is 4. The SMILES string of the molecule is COc1cccc2c1cc(C(N)=O)n2[C@@H](CC(C)C)C(=O)NN(C[C@@H]1CCNC1=O)C(=O)[C@@H]1CN1. The number of aromatic nitrogens is 1. The molecule has 2 fully saturated rings. The number of hydrazine groups is 1. The Morgan fingerprint density at radius 2 is 2.06 bits per heavy atom. The summed E-state index contributed by atoms with van der Waals surface area (Å²) < 4.78 is 7.07. The minimum Gasteiger partial charge on any atom is -0.496 e. The summed E-state index contributed by atoms with van der Waals surface area (Å²) in [5, 5.41) is 7.61. The molecule has 3 heterocycles. The molecule has 4 rings (SSSR count). The third-order valence-electron chi connectivity index (χ3n) is 6.41. The fourth-order valence-corrected chi connectivity index (χ4v) is 4.56. The largest absolute Gasteiger partial charge is 0.496 e. The van der Waals surface area contributed by atoms with Crippen LogP contribution in [0.15, 0.2) is 24.3 Å². The molecule has 2 saturated heterocycles. The molecule has 35 heavy (non-hydrogen) atoms. The molecule has 1 aromatic carbocycles. The van der Waals surface area contributed by atoms with Crippen LogP contribution in [-0.2, 0) is 14.4 Å². The number of amides is 4. The van der Waals surface area contributed by atoms with Crippen LogP contribution in [0.3, 0.4) is 0 Å². The van der Waals surface area contributed by atoms with E-state index in [2.05, 4.69) is 16.1 Å². The number of fused-ring (bicyclic) bond motifs is 1. The average molecular weight is 485 g/mol. The van der Waals surface area contributed by atoms with Crippen LogP contribution in [0, 0.1) is 11.8 Å². The molecule has 2 aromatic rings. The zero-order valence-electron chi connectivity index (χ0n) is 20.2. The summed E-state index contributed by atoms with van der Waals surface area (Å²) in [6.45, 7) is 5.07. The molecule has 0 saturated carbocycles. The quantitative estimate of drug-likeness (QED) is 0.296. The van der Waals surface area contributed by atoms with Crippen molar-refractivity contribution in [1.82, 2.24) is 25.6 Å². The van der Waals surface area contributed by atoms with Gasteiger partial charge in [0.1, 0.15) is 23.5 Å². The standard InChI is InChI=1S/C24H32N6O5/c1-13(2)9-19(30-17-5-4-6-20(35-3)15(17)10-18(30)21(25)31)23(33)28-29(24(34)16-11-27-16)12-14-7-8-26-22(14)32/h4-6,10,13-14,16,19,27H,7-9,11-12H2,1-3H3,(H2,25,31)(H,26,32)(H,28,33)/t14-,16-,19-/m0/s1. The van der Waals surface area contributed by atoms with Crippen LogP contribution in [0.25, 0.3) is 10.9 Å². The first kappa shape index (κ1) is 24.5. The number of nitrogens with zero attached hydrogens (tertiary/aromatic N) is 2. The minimum absolute atomic E-state index is 0.0753. The van der Waals surface area contributed by atoms with Crippen molar-refractivity contribution in [1.29, 1.82) is 0 Å². The van der Waals surface area contributed by atoms with Crippen molar-refractivity contribution in [2.45, 2.75) is 38.8 Å². The highest BCUT2D eigenvalue weighted by Crippen LogP contribution is 2.33. The first-order valence-corrected chi connectivity index (χ1v) is 11.8. The zero-order chi connectivity index (χ0) is 25.3. The fourth-order valence-electron chi connectivity index (χ4n) is 4.56. The highest BCUT2D eigenvalue weighted by Gasteiger charge is 2.38. The fraction of sp³-hybridized carbons (Fsp3) is 0.500. The Morgan fingerprint density at radius 1 is 1.31 bits per heavy atom. The molecule has 0 bridgehead atoms.